The van der Waals surface area contributed by atoms with Crippen molar-refractivity contribution >= 4 is 41.5 Å². The summed E-state index contributed by atoms with van der Waals surface area (Å²) in [5.41, 5.74) is 10.5. The third-order valence-electron chi connectivity index (χ3n) is 4.64. The van der Waals surface area contributed by atoms with E-state index in [9.17, 15) is 5.26 Å². The molecule has 0 saturated heterocycles. The van der Waals surface area contributed by atoms with Crippen LogP contribution in [0.2, 0.25) is 0 Å². The smallest absolute Gasteiger partial charge is 0.124 e. The molecule has 0 spiro atoms. The topological polar surface area (TPSA) is 84.0 Å². The van der Waals surface area contributed by atoms with E-state index in [-0.39, 0.29) is 24.8 Å². The Balaban J connectivity index is 0.00000210. The Morgan fingerprint density at radius 2 is 1.90 bits per heavy atom. The second-order valence-corrected chi connectivity index (χ2v) is 6.88. The number of rotatable bonds is 6. The molecule has 154 valence electrons. The van der Waals surface area contributed by atoms with E-state index in [4.69, 9.17) is 10.5 Å². The zero-order valence-electron chi connectivity index (χ0n) is 16.7. The number of nitrogens with two attached hydrogens (primary N) is 1. The molecule has 0 aliphatic rings. The van der Waals surface area contributed by atoms with Crippen molar-refractivity contribution in [3.8, 4) is 11.8 Å². The zero-order chi connectivity index (χ0) is 19.4. The summed E-state index contributed by atoms with van der Waals surface area (Å²) < 4.78 is 5.97. The molecule has 0 bridgehead atoms. The Hall–Kier alpha value is -2.52. The molecule has 2 aromatic carbocycles. The molecule has 0 aliphatic carbocycles. The highest BCUT2D eigenvalue weighted by molar-refractivity contribution is 5.86. The van der Waals surface area contributed by atoms with Crippen LogP contribution in [0, 0.1) is 18.3 Å². The summed E-state index contributed by atoms with van der Waals surface area (Å²) in [4.78, 5) is 4.41. The van der Waals surface area contributed by atoms with Crippen molar-refractivity contribution in [2.45, 2.75) is 32.9 Å². The van der Waals surface area contributed by atoms with Crippen LogP contribution < -0.4 is 15.8 Å². The monoisotopic (exact) mass is 432 g/mol. The molecule has 7 heteroatoms. The maximum absolute atomic E-state index is 9.29. The minimum atomic E-state index is 0. The van der Waals surface area contributed by atoms with Gasteiger partial charge in [0.1, 0.15) is 18.2 Å². The van der Waals surface area contributed by atoms with E-state index < -0.39 is 0 Å². The lowest BCUT2D eigenvalue weighted by Gasteiger charge is -2.13. The minimum absolute atomic E-state index is 0. The number of nitrogens with one attached hydrogen (secondary N) is 1. The van der Waals surface area contributed by atoms with Gasteiger partial charge in [0.05, 0.1) is 17.1 Å². The van der Waals surface area contributed by atoms with Gasteiger partial charge in [0.25, 0.3) is 0 Å². The first kappa shape index (κ1) is 24.5. The second-order valence-electron chi connectivity index (χ2n) is 6.88. The number of hydrogen-bond donors (Lipinski definition) is 2. The SMILES string of the molecule is CNC(C)Cc1cc(C#N)cc(OCc2ccc3c(C)cc(N)nc3c2)c1.Cl.Cl. The van der Waals surface area contributed by atoms with Crippen molar-refractivity contribution in [1.29, 1.82) is 5.26 Å². The molecule has 0 aliphatic heterocycles. The lowest BCUT2D eigenvalue weighted by molar-refractivity contribution is 0.306. The largest absolute Gasteiger partial charge is 0.489 e. The van der Waals surface area contributed by atoms with Crippen molar-refractivity contribution in [3.05, 3.63) is 64.7 Å². The lowest BCUT2D eigenvalue weighted by atomic mass is 10.0. The van der Waals surface area contributed by atoms with Crippen LogP contribution in [0.3, 0.4) is 0 Å². The molecule has 0 saturated carbocycles. The van der Waals surface area contributed by atoms with Gasteiger partial charge in [0.15, 0.2) is 0 Å². The number of aromatic nitrogens is 1. The van der Waals surface area contributed by atoms with Crippen LogP contribution in [-0.2, 0) is 13.0 Å². The quantitative estimate of drug-likeness (QED) is 0.595. The fourth-order valence-electron chi connectivity index (χ4n) is 3.11. The summed E-state index contributed by atoms with van der Waals surface area (Å²) in [6.45, 7) is 4.54. The summed E-state index contributed by atoms with van der Waals surface area (Å²) in [6, 6.07) is 16.2. The van der Waals surface area contributed by atoms with Crippen LogP contribution in [0.1, 0.15) is 29.2 Å². The molecule has 0 fully saturated rings. The average molecular weight is 433 g/mol. The predicted octanol–water partition coefficient (Wildman–Crippen LogP) is 4.57. The third kappa shape index (κ3) is 6.23. The first-order chi connectivity index (χ1) is 13.0. The number of nitrogens with zero attached hydrogens (tertiary/aromatic N) is 2. The van der Waals surface area contributed by atoms with Gasteiger partial charge in [-0.05, 0) is 74.3 Å². The van der Waals surface area contributed by atoms with E-state index in [1.54, 1.807) is 6.07 Å². The second kappa shape index (κ2) is 10.9. The van der Waals surface area contributed by atoms with Gasteiger partial charge in [0, 0.05) is 11.4 Å². The summed E-state index contributed by atoms with van der Waals surface area (Å²) >= 11 is 0. The number of anilines is 1. The normalized spacial score (nSPS) is 11.1. The van der Waals surface area contributed by atoms with Crippen molar-refractivity contribution in [1.82, 2.24) is 10.3 Å². The Morgan fingerprint density at radius 1 is 1.14 bits per heavy atom. The van der Waals surface area contributed by atoms with Gasteiger partial charge in [-0.25, -0.2) is 4.98 Å². The highest BCUT2D eigenvalue weighted by Gasteiger charge is 2.07. The molecule has 0 radical (unpaired) electrons. The van der Waals surface area contributed by atoms with E-state index in [1.807, 2.05) is 50.4 Å². The first-order valence-corrected chi connectivity index (χ1v) is 8.98. The highest BCUT2D eigenvalue weighted by atomic mass is 35.5. The molecule has 1 heterocycles. The number of benzene rings is 2. The third-order valence-corrected chi connectivity index (χ3v) is 4.64. The van der Waals surface area contributed by atoms with Crippen molar-refractivity contribution < 1.29 is 4.74 Å². The fraction of sp³-hybridized carbons (Fsp3) is 0.273. The van der Waals surface area contributed by atoms with Crippen LogP contribution in [-0.4, -0.2) is 18.1 Å². The summed E-state index contributed by atoms with van der Waals surface area (Å²) in [5, 5.41) is 13.6. The first-order valence-electron chi connectivity index (χ1n) is 8.98. The molecular weight excluding hydrogens is 407 g/mol. The molecular formula is C22H26Cl2N4O. The van der Waals surface area contributed by atoms with E-state index in [1.165, 1.54) is 0 Å². The van der Waals surface area contributed by atoms with Crippen molar-refractivity contribution in [2.75, 3.05) is 12.8 Å². The van der Waals surface area contributed by atoms with Gasteiger partial charge in [-0.1, -0.05) is 12.1 Å². The highest BCUT2D eigenvalue weighted by Crippen LogP contribution is 2.23. The van der Waals surface area contributed by atoms with Crippen LogP contribution in [0.25, 0.3) is 10.9 Å². The van der Waals surface area contributed by atoms with Gasteiger partial charge in [0.2, 0.25) is 0 Å². The van der Waals surface area contributed by atoms with E-state index >= 15 is 0 Å². The fourth-order valence-corrected chi connectivity index (χ4v) is 3.11. The summed E-state index contributed by atoms with van der Waals surface area (Å²) in [6.07, 6.45) is 0.834. The molecule has 29 heavy (non-hydrogen) atoms. The number of nitriles is 1. The van der Waals surface area contributed by atoms with Crippen LogP contribution in [0.15, 0.2) is 42.5 Å². The molecule has 3 aromatic rings. The number of ether oxygens (including phenoxy) is 1. The summed E-state index contributed by atoms with van der Waals surface area (Å²) in [7, 11) is 1.93. The number of halogens is 2. The van der Waals surface area contributed by atoms with Gasteiger partial charge in [-0.2, -0.15) is 5.26 Å². The predicted molar refractivity (Wildman–Crippen MR) is 123 cm³/mol. The van der Waals surface area contributed by atoms with E-state index in [0.717, 1.165) is 34.0 Å². The molecule has 3 N–H and O–H groups in total. The van der Waals surface area contributed by atoms with Gasteiger partial charge < -0.3 is 15.8 Å². The average Bonchev–Trinajstić information content (AvgIpc) is 2.65. The number of hydrogen-bond acceptors (Lipinski definition) is 5. The number of aryl methyl sites for hydroxylation is 1. The van der Waals surface area contributed by atoms with E-state index in [2.05, 4.69) is 23.3 Å². The number of fused-ring (bicyclic) bond motifs is 1. The Bertz CT molecular complexity index is 1020. The molecule has 3 rings (SSSR count). The Kier molecular flexibility index (Phi) is 9.19. The molecule has 5 nitrogen and oxygen atoms in total. The van der Waals surface area contributed by atoms with E-state index in [0.29, 0.717) is 29.8 Å². The minimum Gasteiger partial charge on any atom is -0.489 e. The zero-order valence-corrected chi connectivity index (χ0v) is 18.4. The van der Waals surface area contributed by atoms with Gasteiger partial charge in [-0.15, -0.1) is 24.8 Å². The van der Waals surface area contributed by atoms with Gasteiger partial charge >= 0.3 is 0 Å². The lowest BCUT2D eigenvalue weighted by Crippen LogP contribution is -2.23. The Morgan fingerprint density at radius 3 is 2.59 bits per heavy atom. The van der Waals surface area contributed by atoms with Crippen molar-refractivity contribution in [2.24, 2.45) is 0 Å². The maximum Gasteiger partial charge on any atom is 0.124 e. The molecule has 1 aromatic heterocycles. The van der Waals surface area contributed by atoms with Crippen LogP contribution in [0.4, 0.5) is 5.82 Å². The molecule has 0 amide bonds. The maximum atomic E-state index is 9.29. The molecule has 1 unspecified atom stereocenters. The summed E-state index contributed by atoms with van der Waals surface area (Å²) in [5.74, 6) is 1.22. The number of pyridine rings is 1. The Labute approximate surface area is 184 Å². The molecule has 1 atom stereocenters. The van der Waals surface area contributed by atoms with Crippen LogP contribution >= 0.6 is 24.8 Å². The van der Waals surface area contributed by atoms with Gasteiger partial charge in [-0.3, -0.25) is 0 Å². The van der Waals surface area contributed by atoms with Crippen LogP contribution in [0.5, 0.6) is 5.75 Å². The number of nitrogen functional groups attached to an aromatic ring is 1. The standard InChI is InChI=1S/C22H24N4O.2ClH/c1-14-6-22(24)26-21-11-16(4-5-20(14)21)13-27-19-9-17(7-15(2)25-3)8-18(10-19)12-23;;/h4-6,8-11,15,25H,7,13H2,1-3H3,(H2,24,26);2*1H. The number of likely N-dealkylation sites (N-methyl/N-ethyl adjacent to an activating group) is 1. The van der Waals surface area contributed by atoms with Crippen molar-refractivity contribution in [3.63, 3.8) is 0 Å².